The molecule has 110 valence electrons. The van der Waals surface area contributed by atoms with Crippen molar-refractivity contribution >= 4 is 12.0 Å². The molecule has 2 heterocycles. The topological polar surface area (TPSA) is 78.5 Å². The van der Waals surface area contributed by atoms with E-state index in [-0.39, 0.29) is 5.75 Å². The van der Waals surface area contributed by atoms with Crippen molar-refractivity contribution in [2.75, 3.05) is 31.2 Å². The van der Waals surface area contributed by atoms with Gasteiger partial charge in [0.05, 0.1) is 13.2 Å². The molecular weight excluding hydrogens is 270 g/mol. The van der Waals surface area contributed by atoms with Gasteiger partial charge in [0.1, 0.15) is 23.8 Å². The number of carbonyl (C=O) groups is 1. The van der Waals surface area contributed by atoms with Gasteiger partial charge in [-0.15, -0.1) is 0 Å². The number of hydrogen-bond acceptors (Lipinski definition) is 5. The summed E-state index contributed by atoms with van der Waals surface area (Å²) in [6.45, 7) is 2.97. The maximum atomic E-state index is 11.3. The van der Waals surface area contributed by atoms with E-state index in [4.69, 9.17) is 4.74 Å². The highest BCUT2D eigenvalue weighted by Gasteiger charge is 2.20. The number of phenolic OH excluding ortho intramolecular Hbond substituents is 1. The number of benzene rings is 1. The number of anilines is 1. The van der Waals surface area contributed by atoms with E-state index in [2.05, 4.69) is 14.9 Å². The van der Waals surface area contributed by atoms with Crippen molar-refractivity contribution in [3.8, 4) is 5.75 Å². The minimum Gasteiger partial charge on any atom is -0.508 e. The molecule has 6 heteroatoms. The lowest BCUT2D eigenvalue weighted by atomic mass is 9.98. The molecule has 2 N–H and O–H groups in total. The Labute approximate surface area is 122 Å². The first kappa shape index (κ1) is 13.6. The van der Waals surface area contributed by atoms with Crippen molar-refractivity contribution in [3.63, 3.8) is 0 Å². The van der Waals surface area contributed by atoms with E-state index in [0.29, 0.717) is 24.6 Å². The number of ether oxygens (including phenoxy) is 1. The fourth-order valence-corrected chi connectivity index (χ4v) is 2.55. The Morgan fingerprint density at radius 2 is 2.19 bits per heavy atom. The number of imidazole rings is 1. The number of aromatic nitrogens is 2. The molecule has 21 heavy (non-hydrogen) atoms. The summed E-state index contributed by atoms with van der Waals surface area (Å²) in [5, 5.41) is 10.3. The average molecular weight is 287 g/mol. The molecule has 1 aromatic carbocycles. The molecule has 0 spiro atoms. The van der Waals surface area contributed by atoms with Gasteiger partial charge in [0.2, 0.25) is 0 Å². The lowest BCUT2D eigenvalue weighted by Gasteiger charge is -2.29. The predicted molar refractivity (Wildman–Crippen MR) is 77.6 cm³/mol. The van der Waals surface area contributed by atoms with Crippen LogP contribution in [0.1, 0.15) is 17.3 Å². The van der Waals surface area contributed by atoms with Crippen LogP contribution in [0, 0.1) is 0 Å². The van der Waals surface area contributed by atoms with Crippen molar-refractivity contribution in [1.29, 1.82) is 0 Å². The molecule has 6 nitrogen and oxygen atoms in total. The fraction of sp³-hybridized carbons (Fsp3) is 0.333. The Morgan fingerprint density at radius 1 is 1.38 bits per heavy atom. The SMILES string of the molecule is O=CC(c1ncc[nH]1)c1ccc(N2CCOCC2)cc1O. The number of carbonyl (C=O) groups excluding carboxylic acids is 1. The number of aldehydes is 1. The molecule has 0 bridgehead atoms. The van der Waals surface area contributed by atoms with Crippen molar-refractivity contribution in [1.82, 2.24) is 9.97 Å². The molecular formula is C15H17N3O3. The van der Waals surface area contributed by atoms with Crippen molar-refractivity contribution in [2.45, 2.75) is 5.92 Å². The largest absolute Gasteiger partial charge is 0.508 e. The van der Waals surface area contributed by atoms with Crippen LogP contribution < -0.4 is 4.90 Å². The van der Waals surface area contributed by atoms with Gasteiger partial charge in [-0.3, -0.25) is 0 Å². The molecule has 0 radical (unpaired) electrons. The molecule has 1 aromatic heterocycles. The van der Waals surface area contributed by atoms with Gasteiger partial charge in [0.15, 0.2) is 0 Å². The van der Waals surface area contributed by atoms with Gasteiger partial charge in [-0.1, -0.05) is 6.07 Å². The zero-order valence-corrected chi connectivity index (χ0v) is 11.5. The molecule has 3 rings (SSSR count). The maximum Gasteiger partial charge on any atom is 0.135 e. The van der Waals surface area contributed by atoms with E-state index in [0.717, 1.165) is 25.1 Å². The summed E-state index contributed by atoms with van der Waals surface area (Å²) in [6.07, 6.45) is 4.03. The number of aromatic amines is 1. The van der Waals surface area contributed by atoms with Crippen LogP contribution in [-0.2, 0) is 9.53 Å². The Kier molecular flexibility index (Phi) is 3.87. The number of H-pyrrole nitrogens is 1. The van der Waals surface area contributed by atoms with Crippen LogP contribution in [0.2, 0.25) is 0 Å². The average Bonchev–Trinajstić information content (AvgIpc) is 3.04. The third-order valence-corrected chi connectivity index (χ3v) is 3.68. The minimum absolute atomic E-state index is 0.104. The molecule has 1 aliphatic heterocycles. The van der Waals surface area contributed by atoms with Gasteiger partial charge in [-0.25, -0.2) is 4.98 Å². The molecule has 0 saturated carbocycles. The summed E-state index contributed by atoms with van der Waals surface area (Å²) < 4.78 is 5.32. The van der Waals surface area contributed by atoms with Crippen LogP contribution in [0.15, 0.2) is 30.6 Å². The number of nitrogens with zero attached hydrogens (tertiary/aromatic N) is 2. The third kappa shape index (κ3) is 2.75. The van der Waals surface area contributed by atoms with Crippen LogP contribution in [0.4, 0.5) is 5.69 Å². The lowest BCUT2D eigenvalue weighted by molar-refractivity contribution is -0.108. The Balaban J connectivity index is 1.88. The second-order valence-electron chi connectivity index (χ2n) is 4.93. The molecule has 1 saturated heterocycles. The van der Waals surface area contributed by atoms with Gasteiger partial charge in [0, 0.05) is 42.8 Å². The number of rotatable bonds is 4. The van der Waals surface area contributed by atoms with E-state index in [1.54, 1.807) is 24.5 Å². The molecule has 1 aliphatic rings. The van der Waals surface area contributed by atoms with Crippen molar-refractivity contribution in [2.24, 2.45) is 0 Å². The Morgan fingerprint density at radius 3 is 2.81 bits per heavy atom. The van der Waals surface area contributed by atoms with Gasteiger partial charge in [-0.2, -0.15) is 0 Å². The molecule has 1 fully saturated rings. The lowest BCUT2D eigenvalue weighted by Crippen LogP contribution is -2.36. The molecule has 0 amide bonds. The van der Waals surface area contributed by atoms with Gasteiger partial charge in [-0.05, 0) is 6.07 Å². The Bertz CT molecular complexity index is 607. The van der Waals surface area contributed by atoms with E-state index < -0.39 is 5.92 Å². The van der Waals surface area contributed by atoms with Gasteiger partial charge in [0.25, 0.3) is 0 Å². The van der Waals surface area contributed by atoms with Crippen LogP contribution >= 0.6 is 0 Å². The van der Waals surface area contributed by atoms with Crippen LogP contribution in [0.25, 0.3) is 0 Å². The second kappa shape index (κ2) is 5.97. The number of phenols is 1. The van der Waals surface area contributed by atoms with Crippen LogP contribution in [-0.4, -0.2) is 47.7 Å². The zero-order chi connectivity index (χ0) is 14.7. The summed E-state index contributed by atoms with van der Waals surface area (Å²) in [5.74, 6) is 0.0469. The number of nitrogens with one attached hydrogen (secondary N) is 1. The second-order valence-corrected chi connectivity index (χ2v) is 4.93. The van der Waals surface area contributed by atoms with E-state index in [1.807, 2.05) is 6.07 Å². The molecule has 0 aliphatic carbocycles. The smallest absolute Gasteiger partial charge is 0.135 e. The van der Waals surface area contributed by atoms with Gasteiger partial charge < -0.3 is 24.5 Å². The summed E-state index contributed by atoms with van der Waals surface area (Å²) >= 11 is 0. The third-order valence-electron chi connectivity index (χ3n) is 3.68. The minimum atomic E-state index is -0.585. The number of aromatic hydroxyl groups is 1. The first-order chi connectivity index (χ1) is 10.3. The highest BCUT2D eigenvalue weighted by molar-refractivity contribution is 5.69. The molecule has 2 aromatic rings. The first-order valence-corrected chi connectivity index (χ1v) is 6.90. The number of hydrogen-bond donors (Lipinski definition) is 2. The summed E-state index contributed by atoms with van der Waals surface area (Å²) in [5.41, 5.74) is 1.49. The van der Waals surface area contributed by atoms with E-state index in [9.17, 15) is 9.90 Å². The summed E-state index contributed by atoms with van der Waals surface area (Å²) in [6, 6.07) is 5.39. The standard InChI is InChI=1S/C15H17N3O3/c19-10-13(15-16-3-4-17-15)12-2-1-11(9-14(12)20)18-5-7-21-8-6-18/h1-4,9-10,13,20H,5-8H2,(H,16,17). The first-order valence-electron chi connectivity index (χ1n) is 6.90. The highest BCUT2D eigenvalue weighted by atomic mass is 16.5. The normalized spacial score (nSPS) is 16.7. The van der Waals surface area contributed by atoms with Crippen molar-refractivity contribution in [3.05, 3.63) is 42.0 Å². The summed E-state index contributed by atoms with van der Waals surface area (Å²) in [7, 11) is 0. The number of morpholine rings is 1. The van der Waals surface area contributed by atoms with Crippen molar-refractivity contribution < 1.29 is 14.6 Å². The monoisotopic (exact) mass is 287 g/mol. The predicted octanol–water partition coefficient (Wildman–Crippen LogP) is 1.28. The molecule has 1 atom stereocenters. The van der Waals surface area contributed by atoms with E-state index >= 15 is 0 Å². The Hall–Kier alpha value is -2.34. The van der Waals surface area contributed by atoms with Gasteiger partial charge >= 0.3 is 0 Å². The van der Waals surface area contributed by atoms with Crippen LogP contribution in [0.5, 0.6) is 5.75 Å². The quantitative estimate of drug-likeness (QED) is 0.828. The maximum absolute atomic E-state index is 11.3. The van der Waals surface area contributed by atoms with E-state index in [1.165, 1.54) is 0 Å². The fourth-order valence-electron chi connectivity index (χ4n) is 2.55. The highest BCUT2D eigenvalue weighted by Crippen LogP contribution is 2.32. The van der Waals surface area contributed by atoms with Crippen LogP contribution in [0.3, 0.4) is 0 Å². The molecule has 1 unspecified atom stereocenters. The zero-order valence-electron chi connectivity index (χ0n) is 11.5. The summed E-state index contributed by atoms with van der Waals surface area (Å²) in [4.78, 5) is 20.5.